The molecule has 5 heteroatoms. The van der Waals surface area contributed by atoms with Crippen molar-refractivity contribution in [2.24, 2.45) is 5.14 Å². The molecule has 1 unspecified atom stereocenters. The smallest absolute Gasteiger partial charge is 0.157 e. The number of rotatable bonds is 3. The number of nitrogens with zero attached hydrogens (tertiary/aromatic N) is 1. The van der Waals surface area contributed by atoms with Crippen molar-refractivity contribution in [3.63, 3.8) is 0 Å². The van der Waals surface area contributed by atoms with Gasteiger partial charge in [-0.15, -0.1) is 0 Å². The summed E-state index contributed by atoms with van der Waals surface area (Å²) < 4.78 is 23.5. The fourth-order valence-corrected chi connectivity index (χ4v) is 1.07. The van der Waals surface area contributed by atoms with E-state index in [9.17, 15) is 8.94 Å². The molecule has 82 valence electrons. The Bertz CT molecular complexity index is 366. The summed E-state index contributed by atoms with van der Waals surface area (Å²) in [6.45, 7) is 3.42. The normalized spacial score (nSPS) is 14.5. The average molecular weight is 228 g/mol. The van der Waals surface area contributed by atoms with Gasteiger partial charge in [-0.25, -0.2) is 4.39 Å². The highest BCUT2D eigenvalue weighted by Gasteiger charge is 2.26. The minimum absolute atomic E-state index is 0.219. The van der Waals surface area contributed by atoms with Crippen LogP contribution in [0.3, 0.4) is 0 Å². The molecule has 1 rings (SSSR count). The van der Waals surface area contributed by atoms with E-state index in [1.165, 1.54) is 24.4 Å². The largest absolute Gasteiger partial charge is 0.598 e. The van der Waals surface area contributed by atoms with Gasteiger partial charge in [0.1, 0.15) is 5.82 Å². The van der Waals surface area contributed by atoms with Gasteiger partial charge in [0.25, 0.3) is 0 Å². The summed E-state index contributed by atoms with van der Waals surface area (Å²) in [5.74, 6) is -0.410. The summed E-state index contributed by atoms with van der Waals surface area (Å²) in [7, 11) is 0. The Balaban J connectivity index is 2.87. The minimum atomic E-state index is -1.49. The molecular weight excluding hydrogens is 215 g/mol. The second-order valence-electron chi connectivity index (χ2n) is 3.60. The maximum Gasteiger partial charge on any atom is 0.157 e. The molecule has 2 N–H and O–H groups in total. The van der Waals surface area contributed by atoms with E-state index in [0.29, 0.717) is 0 Å². The molecule has 0 spiro atoms. The number of hydrogen-bond donors (Lipinski definition) is 1. The maximum atomic E-state index is 13.1. The third kappa shape index (κ3) is 3.30. The molecule has 0 fully saturated rings. The van der Waals surface area contributed by atoms with Crippen LogP contribution >= 0.6 is 0 Å². The van der Waals surface area contributed by atoms with Crippen molar-refractivity contribution in [1.82, 2.24) is 4.98 Å². The van der Waals surface area contributed by atoms with Crippen LogP contribution in [0.2, 0.25) is 0 Å². The lowest BCUT2D eigenvalue weighted by molar-refractivity contribution is 0.573. The molecule has 0 saturated heterocycles. The van der Waals surface area contributed by atoms with E-state index >= 15 is 0 Å². The molecule has 1 heterocycles. The SMILES string of the molecule is CC(C)(/C=C/c1ncccc1F)[S+](N)[O-]. The Hall–Kier alpha value is -0.910. The lowest BCUT2D eigenvalue weighted by Gasteiger charge is -2.19. The summed E-state index contributed by atoms with van der Waals surface area (Å²) in [6.07, 6.45) is 4.57. The topological polar surface area (TPSA) is 62.0 Å². The standard InChI is InChI=1S/C10H13FN2OS/c1-10(2,15(12)14)6-5-9-8(11)4-3-7-13-9/h3-7H,12H2,1-2H3/b6-5+. The molecule has 1 aromatic heterocycles. The molecule has 15 heavy (non-hydrogen) atoms. The number of hydrogen-bond acceptors (Lipinski definition) is 3. The molecule has 0 bridgehead atoms. The first-order valence-corrected chi connectivity index (χ1v) is 5.61. The number of nitrogens with two attached hydrogens (primary N) is 1. The molecule has 3 nitrogen and oxygen atoms in total. The third-order valence-corrected chi connectivity index (χ3v) is 3.12. The molecule has 0 aliphatic carbocycles. The molecule has 1 aromatic rings. The lowest BCUT2D eigenvalue weighted by atomic mass is 10.1. The molecule has 1 atom stereocenters. The molecule has 0 radical (unpaired) electrons. The van der Waals surface area contributed by atoms with Crippen LogP contribution in [0, 0.1) is 5.82 Å². The van der Waals surface area contributed by atoms with E-state index in [1.54, 1.807) is 19.9 Å². The molecule has 0 aromatic carbocycles. The van der Waals surface area contributed by atoms with Gasteiger partial charge >= 0.3 is 0 Å². The monoisotopic (exact) mass is 228 g/mol. The van der Waals surface area contributed by atoms with Crippen LogP contribution in [0.15, 0.2) is 24.4 Å². The van der Waals surface area contributed by atoms with Crippen LogP contribution in [0.5, 0.6) is 0 Å². The Labute approximate surface area is 91.5 Å². The molecule has 0 amide bonds. The van der Waals surface area contributed by atoms with E-state index < -0.39 is 21.9 Å². The van der Waals surface area contributed by atoms with Crippen molar-refractivity contribution >= 4 is 17.4 Å². The number of aromatic nitrogens is 1. The Kier molecular flexibility index (Phi) is 3.84. The van der Waals surface area contributed by atoms with E-state index in [4.69, 9.17) is 5.14 Å². The third-order valence-electron chi connectivity index (χ3n) is 1.95. The first-order chi connectivity index (χ1) is 6.93. The van der Waals surface area contributed by atoms with Gasteiger partial charge in [-0.1, -0.05) is 0 Å². The lowest BCUT2D eigenvalue weighted by Crippen LogP contribution is -2.35. The fourth-order valence-electron chi connectivity index (χ4n) is 0.867. The maximum absolute atomic E-state index is 13.1. The van der Waals surface area contributed by atoms with Gasteiger partial charge in [0, 0.05) is 17.6 Å². The summed E-state index contributed by atoms with van der Waals surface area (Å²) in [6, 6.07) is 2.83. The van der Waals surface area contributed by atoms with Gasteiger partial charge in [-0.2, -0.15) is 5.14 Å². The first kappa shape index (κ1) is 12.2. The van der Waals surface area contributed by atoms with E-state index in [2.05, 4.69) is 4.98 Å². The number of pyridine rings is 1. The highest BCUT2D eigenvalue weighted by molar-refractivity contribution is 7.90. The average Bonchev–Trinajstić information content (AvgIpc) is 2.16. The fraction of sp³-hybridized carbons (Fsp3) is 0.300. The van der Waals surface area contributed by atoms with Crippen molar-refractivity contribution < 1.29 is 8.94 Å². The Morgan fingerprint density at radius 2 is 2.27 bits per heavy atom. The van der Waals surface area contributed by atoms with Crippen LogP contribution in [0.25, 0.3) is 6.08 Å². The van der Waals surface area contributed by atoms with Crippen LogP contribution < -0.4 is 5.14 Å². The first-order valence-electron chi connectivity index (χ1n) is 4.39. The van der Waals surface area contributed by atoms with E-state index in [-0.39, 0.29) is 5.69 Å². The van der Waals surface area contributed by atoms with Gasteiger partial charge in [0.15, 0.2) is 4.75 Å². The van der Waals surface area contributed by atoms with Crippen LogP contribution in [-0.2, 0) is 11.4 Å². The summed E-state index contributed by atoms with van der Waals surface area (Å²) in [5, 5.41) is 5.28. The predicted octanol–water partition coefficient (Wildman–Crippen LogP) is 1.63. The van der Waals surface area contributed by atoms with Gasteiger partial charge < -0.3 is 4.55 Å². The molecule has 0 aliphatic rings. The molecular formula is C10H13FN2OS. The Morgan fingerprint density at radius 3 is 2.80 bits per heavy atom. The zero-order valence-corrected chi connectivity index (χ0v) is 9.42. The second-order valence-corrected chi connectivity index (χ2v) is 5.25. The quantitative estimate of drug-likeness (QED) is 0.800. The van der Waals surface area contributed by atoms with E-state index in [1.807, 2.05) is 0 Å². The zero-order valence-electron chi connectivity index (χ0n) is 8.61. The van der Waals surface area contributed by atoms with E-state index in [0.717, 1.165) is 0 Å². The highest BCUT2D eigenvalue weighted by Crippen LogP contribution is 2.16. The van der Waals surface area contributed by atoms with Gasteiger partial charge in [-0.3, -0.25) is 4.98 Å². The van der Waals surface area contributed by atoms with Gasteiger partial charge in [-0.05, 0) is 38.1 Å². The van der Waals surface area contributed by atoms with Crippen molar-refractivity contribution in [2.45, 2.75) is 18.6 Å². The number of halogens is 1. The minimum Gasteiger partial charge on any atom is -0.598 e. The van der Waals surface area contributed by atoms with Crippen LogP contribution in [0.4, 0.5) is 4.39 Å². The van der Waals surface area contributed by atoms with Crippen LogP contribution in [0.1, 0.15) is 19.5 Å². The van der Waals surface area contributed by atoms with Crippen LogP contribution in [-0.4, -0.2) is 14.3 Å². The second kappa shape index (κ2) is 4.74. The summed E-state index contributed by atoms with van der Waals surface area (Å²) in [4.78, 5) is 3.84. The van der Waals surface area contributed by atoms with Crippen molar-refractivity contribution in [2.75, 3.05) is 0 Å². The highest BCUT2D eigenvalue weighted by atomic mass is 32.2. The van der Waals surface area contributed by atoms with Gasteiger partial charge in [0.2, 0.25) is 0 Å². The van der Waals surface area contributed by atoms with Crippen molar-refractivity contribution in [3.05, 3.63) is 35.9 Å². The zero-order chi connectivity index (χ0) is 11.5. The Morgan fingerprint density at radius 1 is 1.60 bits per heavy atom. The molecule has 0 saturated carbocycles. The molecule has 0 aliphatic heterocycles. The van der Waals surface area contributed by atoms with Gasteiger partial charge in [0.05, 0.1) is 5.69 Å². The summed E-state index contributed by atoms with van der Waals surface area (Å²) >= 11 is -1.49. The summed E-state index contributed by atoms with van der Waals surface area (Å²) in [5.41, 5.74) is 0.219. The predicted molar refractivity (Wildman–Crippen MR) is 59.6 cm³/mol. The van der Waals surface area contributed by atoms with Crippen molar-refractivity contribution in [1.29, 1.82) is 0 Å². The van der Waals surface area contributed by atoms with Crippen molar-refractivity contribution in [3.8, 4) is 0 Å².